The van der Waals surface area contributed by atoms with Crippen LogP contribution < -0.4 is 5.32 Å². The Morgan fingerprint density at radius 1 is 1.33 bits per heavy atom. The Morgan fingerprint density at radius 3 is 2.33 bits per heavy atom. The second-order valence-corrected chi connectivity index (χ2v) is 3.81. The van der Waals surface area contributed by atoms with Crippen LogP contribution in [0.25, 0.3) is 0 Å². The molecule has 1 rings (SSSR count). The third-order valence-electron chi connectivity index (χ3n) is 2.48. The van der Waals surface area contributed by atoms with Crippen LogP contribution in [-0.2, 0) is 4.79 Å². The first-order valence-electron chi connectivity index (χ1n) is 4.90. The van der Waals surface area contributed by atoms with Gasteiger partial charge in [0, 0.05) is 13.0 Å². The predicted molar refractivity (Wildman–Crippen MR) is 47.1 cm³/mol. The number of aliphatic hydroxyl groups is 1. The molecule has 1 saturated carbocycles. The van der Waals surface area contributed by atoms with Crippen LogP contribution >= 0.6 is 0 Å². The molecular weight excluding hydrogens is 211 g/mol. The molecule has 0 saturated heterocycles. The standard InChI is InChI=1S/C9H14F3NO2/c10-9(11,12)8(4-5-8)13-7(15)3-1-2-6-14/h14H,1-6H2,(H,13,15). The maximum atomic E-state index is 12.4. The number of rotatable bonds is 5. The molecule has 0 aromatic rings. The number of hydrogen-bond donors (Lipinski definition) is 2. The fourth-order valence-corrected chi connectivity index (χ4v) is 1.33. The summed E-state index contributed by atoms with van der Waals surface area (Å²) >= 11 is 0. The van der Waals surface area contributed by atoms with Gasteiger partial charge in [0.05, 0.1) is 0 Å². The van der Waals surface area contributed by atoms with Crippen molar-refractivity contribution in [2.75, 3.05) is 6.61 Å². The maximum Gasteiger partial charge on any atom is 0.411 e. The third kappa shape index (κ3) is 3.09. The second-order valence-electron chi connectivity index (χ2n) is 3.81. The summed E-state index contributed by atoms with van der Waals surface area (Å²) in [5.41, 5.74) is -1.96. The van der Waals surface area contributed by atoms with Crippen LogP contribution in [0, 0.1) is 0 Å². The zero-order valence-corrected chi connectivity index (χ0v) is 8.23. The van der Waals surface area contributed by atoms with Crippen molar-refractivity contribution < 1.29 is 23.1 Å². The number of carbonyl (C=O) groups excluding carboxylic acids is 1. The van der Waals surface area contributed by atoms with Crippen molar-refractivity contribution in [1.82, 2.24) is 5.32 Å². The summed E-state index contributed by atoms with van der Waals surface area (Å²) in [4.78, 5) is 11.1. The Balaban J connectivity index is 2.32. The SMILES string of the molecule is O=C(CCCCO)NC1(C(F)(F)F)CC1. The van der Waals surface area contributed by atoms with Gasteiger partial charge < -0.3 is 10.4 Å². The molecule has 0 aromatic heterocycles. The number of carbonyl (C=O) groups is 1. The quantitative estimate of drug-likeness (QED) is 0.694. The number of hydrogen-bond acceptors (Lipinski definition) is 2. The van der Waals surface area contributed by atoms with E-state index in [4.69, 9.17) is 5.11 Å². The molecule has 0 atom stereocenters. The highest BCUT2D eigenvalue weighted by molar-refractivity contribution is 5.77. The first kappa shape index (κ1) is 12.3. The molecule has 6 heteroatoms. The Labute approximate surface area is 85.7 Å². The second kappa shape index (κ2) is 4.38. The van der Waals surface area contributed by atoms with E-state index in [1.807, 2.05) is 5.32 Å². The molecule has 0 bridgehead atoms. The molecule has 15 heavy (non-hydrogen) atoms. The molecule has 2 N–H and O–H groups in total. The van der Waals surface area contributed by atoms with Crippen molar-refractivity contribution in [3.63, 3.8) is 0 Å². The van der Waals surface area contributed by atoms with Crippen LogP contribution in [0.1, 0.15) is 32.1 Å². The predicted octanol–water partition coefficient (Wildman–Crippen LogP) is 1.36. The first-order chi connectivity index (χ1) is 6.91. The lowest BCUT2D eigenvalue weighted by atomic mass is 10.2. The van der Waals surface area contributed by atoms with Crippen molar-refractivity contribution >= 4 is 5.91 Å². The smallest absolute Gasteiger partial charge is 0.396 e. The van der Waals surface area contributed by atoms with Crippen molar-refractivity contribution in [2.45, 2.75) is 43.8 Å². The van der Waals surface area contributed by atoms with Crippen molar-refractivity contribution in [1.29, 1.82) is 0 Å². The largest absolute Gasteiger partial charge is 0.411 e. The maximum absolute atomic E-state index is 12.4. The van der Waals surface area contributed by atoms with Crippen LogP contribution in [0.15, 0.2) is 0 Å². The van der Waals surface area contributed by atoms with E-state index in [2.05, 4.69) is 0 Å². The van der Waals surface area contributed by atoms with Gasteiger partial charge in [0.1, 0.15) is 5.54 Å². The molecule has 0 heterocycles. The average Bonchev–Trinajstić information content (AvgIpc) is 2.84. The van der Waals surface area contributed by atoms with Gasteiger partial charge in [0.25, 0.3) is 0 Å². The van der Waals surface area contributed by atoms with Gasteiger partial charge in [0.15, 0.2) is 0 Å². The van der Waals surface area contributed by atoms with E-state index in [-0.39, 0.29) is 25.9 Å². The summed E-state index contributed by atoms with van der Waals surface area (Å²) in [5, 5.41) is 10.5. The summed E-state index contributed by atoms with van der Waals surface area (Å²) in [6.45, 7) is -0.0440. The Kier molecular flexibility index (Phi) is 3.59. The monoisotopic (exact) mass is 225 g/mol. The van der Waals surface area contributed by atoms with Gasteiger partial charge >= 0.3 is 6.18 Å². The van der Waals surface area contributed by atoms with E-state index in [9.17, 15) is 18.0 Å². The molecule has 1 aliphatic carbocycles. The molecule has 1 fully saturated rings. The Hall–Kier alpha value is -0.780. The first-order valence-corrected chi connectivity index (χ1v) is 4.90. The zero-order valence-electron chi connectivity index (χ0n) is 8.23. The fourth-order valence-electron chi connectivity index (χ4n) is 1.33. The lowest BCUT2D eigenvalue weighted by molar-refractivity contribution is -0.170. The van der Waals surface area contributed by atoms with Gasteiger partial charge in [0.2, 0.25) is 5.91 Å². The lowest BCUT2D eigenvalue weighted by Gasteiger charge is -2.20. The molecule has 0 radical (unpaired) electrons. The minimum atomic E-state index is -4.35. The minimum Gasteiger partial charge on any atom is -0.396 e. The van der Waals surface area contributed by atoms with E-state index >= 15 is 0 Å². The zero-order chi connectivity index (χ0) is 11.5. The number of amides is 1. The molecule has 3 nitrogen and oxygen atoms in total. The summed E-state index contributed by atoms with van der Waals surface area (Å²) in [5.74, 6) is -0.585. The number of nitrogens with one attached hydrogen (secondary N) is 1. The normalized spacial score (nSPS) is 18.7. The van der Waals surface area contributed by atoms with Crippen molar-refractivity contribution in [3.8, 4) is 0 Å². The molecule has 0 spiro atoms. The van der Waals surface area contributed by atoms with Gasteiger partial charge in [-0.05, 0) is 25.7 Å². The van der Waals surface area contributed by atoms with Crippen LogP contribution in [-0.4, -0.2) is 29.3 Å². The Bertz CT molecular complexity index is 236. The van der Waals surface area contributed by atoms with Crippen LogP contribution in [0.3, 0.4) is 0 Å². The van der Waals surface area contributed by atoms with Crippen LogP contribution in [0.5, 0.6) is 0 Å². The molecule has 88 valence electrons. The summed E-state index contributed by atoms with van der Waals surface area (Å²) in [7, 11) is 0. The number of unbranched alkanes of at least 4 members (excludes halogenated alkanes) is 1. The molecular formula is C9H14F3NO2. The molecule has 0 aromatic carbocycles. The average molecular weight is 225 g/mol. The van der Waals surface area contributed by atoms with Gasteiger partial charge in [-0.1, -0.05) is 0 Å². The van der Waals surface area contributed by atoms with E-state index < -0.39 is 17.6 Å². The molecule has 1 aliphatic rings. The number of aliphatic hydroxyl groups excluding tert-OH is 1. The Morgan fingerprint density at radius 2 is 1.93 bits per heavy atom. The molecule has 0 aliphatic heterocycles. The topological polar surface area (TPSA) is 49.3 Å². The van der Waals surface area contributed by atoms with E-state index in [0.717, 1.165) is 0 Å². The fraction of sp³-hybridized carbons (Fsp3) is 0.889. The summed E-state index contributed by atoms with van der Waals surface area (Å²) < 4.78 is 37.2. The van der Waals surface area contributed by atoms with Crippen molar-refractivity contribution in [2.24, 2.45) is 0 Å². The highest BCUT2D eigenvalue weighted by Gasteiger charge is 2.64. The van der Waals surface area contributed by atoms with Crippen molar-refractivity contribution in [3.05, 3.63) is 0 Å². The van der Waals surface area contributed by atoms with Crippen LogP contribution in [0.4, 0.5) is 13.2 Å². The number of halogens is 3. The lowest BCUT2D eigenvalue weighted by Crippen LogP contribution is -2.47. The summed E-state index contributed by atoms with van der Waals surface area (Å²) in [6.07, 6.45) is -3.51. The van der Waals surface area contributed by atoms with Gasteiger partial charge in [-0.3, -0.25) is 4.79 Å². The molecule has 0 unspecified atom stereocenters. The van der Waals surface area contributed by atoms with E-state index in [1.54, 1.807) is 0 Å². The highest BCUT2D eigenvalue weighted by Crippen LogP contribution is 2.48. The summed E-state index contributed by atoms with van der Waals surface area (Å²) in [6, 6.07) is 0. The van der Waals surface area contributed by atoms with Gasteiger partial charge in [-0.2, -0.15) is 13.2 Å². The third-order valence-corrected chi connectivity index (χ3v) is 2.48. The minimum absolute atomic E-state index is 0.0256. The van der Waals surface area contributed by atoms with Gasteiger partial charge in [-0.25, -0.2) is 0 Å². The van der Waals surface area contributed by atoms with Crippen LogP contribution in [0.2, 0.25) is 0 Å². The van der Waals surface area contributed by atoms with E-state index in [1.165, 1.54) is 0 Å². The van der Waals surface area contributed by atoms with E-state index in [0.29, 0.717) is 12.8 Å². The number of alkyl halides is 3. The molecule has 1 amide bonds. The highest BCUT2D eigenvalue weighted by atomic mass is 19.4. The van der Waals surface area contributed by atoms with Gasteiger partial charge in [-0.15, -0.1) is 0 Å².